The molecule has 0 saturated carbocycles. The van der Waals surface area contributed by atoms with Gasteiger partial charge < -0.3 is 10.4 Å². The summed E-state index contributed by atoms with van der Waals surface area (Å²) in [6, 6.07) is 9.70. The molecule has 3 heterocycles. The summed E-state index contributed by atoms with van der Waals surface area (Å²) < 4.78 is 17.4. The van der Waals surface area contributed by atoms with Crippen molar-refractivity contribution in [1.29, 1.82) is 0 Å². The van der Waals surface area contributed by atoms with Crippen LogP contribution in [0.1, 0.15) is 34.8 Å². The molecule has 1 aliphatic heterocycles. The highest BCUT2D eigenvalue weighted by Gasteiger charge is 2.23. The molecule has 1 fully saturated rings. The number of carboxylic acids is 1. The zero-order valence-corrected chi connectivity index (χ0v) is 15.3. The van der Waals surface area contributed by atoms with Gasteiger partial charge in [0.2, 0.25) is 5.91 Å². The van der Waals surface area contributed by atoms with Crippen LogP contribution in [-0.4, -0.2) is 26.4 Å². The van der Waals surface area contributed by atoms with Crippen LogP contribution in [0.3, 0.4) is 0 Å². The van der Waals surface area contributed by atoms with Gasteiger partial charge in [-0.2, -0.15) is 0 Å². The van der Waals surface area contributed by atoms with E-state index in [0.717, 1.165) is 15.8 Å². The maximum Gasteiger partial charge on any atom is 0.335 e. The molecule has 0 bridgehead atoms. The molecule has 0 radical (unpaired) electrons. The van der Waals surface area contributed by atoms with Crippen LogP contribution in [0.2, 0.25) is 0 Å². The number of fused-ring (bicyclic) bond motifs is 3. The van der Waals surface area contributed by atoms with E-state index >= 15 is 0 Å². The van der Waals surface area contributed by atoms with E-state index in [1.807, 2.05) is 10.5 Å². The maximum absolute atomic E-state index is 14.8. The van der Waals surface area contributed by atoms with E-state index in [9.17, 15) is 14.0 Å². The number of nitrogens with one attached hydrogen (secondary N) is 1. The van der Waals surface area contributed by atoms with E-state index < -0.39 is 5.97 Å². The average molecular weight is 395 g/mol. The van der Waals surface area contributed by atoms with Gasteiger partial charge in [-0.05, 0) is 42.3 Å². The van der Waals surface area contributed by atoms with E-state index in [1.54, 1.807) is 30.5 Å². The standard InChI is InChI=1S/C20H14FN3O3S/c21-13-7-10(14-4-6-18(25)22-14)1-3-12(13)15-9-24-16-5-2-11(19(26)27)8-17(16)28-20(24)23-15/h1-3,5,7-9,14H,4,6H2,(H,22,25)(H,26,27). The third-order valence-corrected chi connectivity index (χ3v) is 6.03. The molecule has 4 aromatic rings. The summed E-state index contributed by atoms with van der Waals surface area (Å²) in [5, 5.41) is 12.0. The Morgan fingerprint density at radius 3 is 2.86 bits per heavy atom. The molecular weight excluding hydrogens is 381 g/mol. The second-order valence-corrected chi connectivity index (χ2v) is 7.78. The van der Waals surface area contributed by atoms with E-state index in [1.165, 1.54) is 17.4 Å². The molecular formula is C20H14FN3O3S. The molecule has 2 N–H and O–H groups in total. The number of carbonyl (C=O) groups is 2. The number of aromatic nitrogens is 2. The Bertz CT molecular complexity index is 1280. The van der Waals surface area contributed by atoms with Crippen LogP contribution in [0.25, 0.3) is 26.4 Å². The smallest absolute Gasteiger partial charge is 0.335 e. The number of halogens is 1. The molecule has 1 atom stereocenters. The van der Waals surface area contributed by atoms with Gasteiger partial charge in [-0.3, -0.25) is 9.20 Å². The Morgan fingerprint density at radius 2 is 2.14 bits per heavy atom. The fourth-order valence-corrected chi connectivity index (χ4v) is 4.63. The van der Waals surface area contributed by atoms with Crippen molar-refractivity contribution >= 4 is 38.4 Å². The number of rotatable bonds is 3. The van der Waals surface area contributed by atoms with E-state index in [2.05, 4.69) is 10.3 Å². The molecule has 140 valence electrons. The topological polar surface area (TPSA) is 83.7 Å². The van der Waals surface area contributed by atoms with Crippen LogP contribution in [0.15, 0.2) is 42.6 Å². The number of hydrogen-bond donors (Lipinski definition) is 2. The Labute approximate surface area is 162 Å². The minimum absolute atomic E-state index is 0.0123. The number of thiazole rings is 1. The zero-order valence-electron chi connectivity index (χ0n) is 14.5. The van der Waals surface area contributed by atoms with Crippen molar-refractivity contribution in [2.45, 2.75) is 18.9 Å². The molecule has 0 spiro atoms. The molecule has 2 aromatic carbocycles. The van der Waals surface area contributed by atoms with E-state index in [4.69, 9.17) is 5.11 Å². The third-order valence-electron chi connectivity index (χ3n) is 5.01. The highest BCUT2D eigenvalue weighted by Crippen LogP contribution is 2.32. The first-order valence-electron chi connectivity index (χ1n) is 8.74. The minimum atomic E-state index is -0.978. The third kappa shape index (κ3) is 2.65. The van der Waals surface area contributed by atoms with Gasteiger partial charge >= 0.3 is 5.97 Å². The first kappa shape index (κ1) is 16.9. The zero-order chi connectivity index (χ0) is 19.4. The molecule has 1 unspecified atom stereocenters. The molecule has 8 heteroatoms. The fraction of sp³-hybridized carbons (Fsp3) is 0.150. The summed E-state index contributed by atoms with van der Waals surface area (Å²) in [4.78, 5) is 27.7. The Balaban J connectivity index is 1.54. The van der Waals surface area contributed by atoms with E-state index in [0.29, 0.717) is 29.1 Å². The second kappa shape index (κ2) is 6.13. The highest BCUT2D eigenvalue weighted by molar-refractivity contribution is 7.23. The number of hydrogen-bond acceptors (Lipinski definition) is 4. The lowest BCUT2D eigenvalue weighted by atomic mass is 10.0. The molecule has 6 nitrogen and oxygen atoms in total. The van der Waals surface area contributed by atoms with Gasteiger partial charge in [0.25, 0.3) is 0 Å². The van der Waals surface area contributed by atoms with Gasteiger partial charge in [0.05, 0.1) is 27.5 Å². The number of carboxylic acid groups (broad SMARTS) is 1. The summed E-state index contributed by atoms with van der Waals surface area (Å²) in [5.74, 6) is -1.38. The van der Waals surface area contributed by atoms with Gasteiger partial charge in [0.1, 0.15) is 5.82 Å². The Morgan fingerprint density at radius 1 is 1.29 bits per heavy atom. The van der Waals surface area contributed by atoms with Crippen LogP contribution in [-0.2, 0) is 4.79 Å². The monoisotopic (exact) mass is 395 g/mol. The molecule has 0 aliphatic carbocycles. The molecule has 1 amide bonds. The van der Waals surface area contributed by atoms with Crippen LogP contribution >= 0.6 is 11.3 Å². The molecule has 5 rings (SSSR count). The summed E-state index contributed by atoms with van der Waals surface area (Å²) in [5.41, 5.74) is 2.70. The molecule has 1 saturated heterocycles. The molecule has 28 heavy (non-hydrogen) atoms. The quantitative estimate of drug-likeness (QED) is 0.549. The van der Waals surface area contributed by atoms with Crippen LogP contribution in [0, 0.1) is 5.82 Å². The van der Waals surface area contributed by atoms with Gasteiger partial charge in [0, 0.05) is 18.2 Å². The summed E-state index contributed by atoms with van der Waals surface area (Å²) in [6.07, 6.45) is 2.88. The van der Waals surface area contributed by atoms with Crippen molar-refractivity contribution in [3.05, 3.63) is 59.5 Å². The SMILES string of the molecule is O=C1CCC(c2ccc(-c3cn4c(n3)sc3cc(C(=O)O)ccc34)c(F)c2)N1. The van der Waals surface area contributed by atoms with Crippen LogP contribution in [0.5, 0.6) is 0 Å². The van der Waals surface area contributed by atoms with Gasteiger partial charge in [0.15, 0.2) is 4.96 Å². The van der Waals surface area contributed by atoms with Crippen molar-refractivity contribution in [3.8, 4) is 11.3 Å². The fourth-order valence-electron chi connectivity index (χ4n) is 3.58. The Hall–Kier alpha value is -3.26. The van der Waals surface area contributed by atoms with Gasteiger partial charge in [-0.25, -0.2) is 14.2 Å². The normalized spacial score (nSPS) is 16.8. The van der Waals surface area contributed by atoms with Crippen molar-refractivity contribution in [1.82, 2.24) is 14.7 Å². The molecule has 1 aliphatic rings. The minimum Gasteiger partial charge on any atom is -0.478 e. The Kier molecular flexibility index (Phi) is 3.70. The summed E-state index contributed by atoms with van der Waals surface area (Å²) in [6.45, 7) is 0. The number of amides is 1. The lowest BCUT2D eigenvalue weighted by molar-refractivity contribution is -0.119. The van der Waals surface area contributed by atoms with Crippen LogP contribution in [0.4, 0.5) is 4.39 Å². The summed E-state index contributed by atoms with van der Waals surface area (Å²) in [7, 11) is 0. The van der Waals surface area contributed by atoms with Gasteiger partial charge in [-0.1, -0.05) is 17.4 Å². The number of carbonyl (C=O) groups excluding carboxylic acids is 1. The van der Waals surface area contributed by atoms with E-state index in [-0.39, 0.29) is 23.3 Å². The number of imidazole rings is 1. The first-order valence-corrected chi connectivity index (χ1v) is 9.55. The van der Waals surface area contributed by atoms with Gasteiger partial charge in [-0.15, -0.1) is 0 Å². The number of benzene rings is 2. The molecule has 2 aromatic heterocycles. The lowest BCUT2D eigenvalue weighted by Crippen LogP contribution is -2.18. The maximum atomic E-state index is 14.8. The largest absolute Gasteiger partial charge is 0.478 e. The number of aromatic carboxylic acids is 1. The van der Waals surface area contributed by atoms with Crippen LogP contribution < -0.4 is 5.32 Å². The highest BCUT2D eigenvalue weighted by atomic mass is 32.1. The lowest BCUT2D eigenvalue weighted by Gasteiger charge is -2.11. The van der Waals surface area contributed by atoms with Crippen molar-refractivity contribution in [2.24, 2.45) is 0 Å². The van der Waals surface area contributed by atoms with Crippen molar-refractivity contribution < 1.29 is 19.1 Å². The predicted molar refractivity (Wildman–Crippen MR) is 103 cm³/mol. The predicted octanol–water partition coefficient (Wildman–Crippen LogP) is 4.00. The van der Waals surface area contributed by atoms with Crippen molar-refractivity contribution in [2.75, 3.05) is 0 Å². The first-order chi connectivity index (χ1) is 13.5. The number of nitrogens with zero attached hydrogens (tertiary/aromatic N) is 2. The average Bonchev–Trinajstić information content (AvgIpc) is 3.35. The second-order valence-electron chi connectivity index (χ2n) is 6.77. The summed E-state index contributed by atoms with van der Waals surface area (Å²) >= 11 is 1.36. The van der Waals surface area contributed by atoms with Crippen molar-refractivity contribution in [3.63, 3.8) is 0 Å².